The van der Waals surface area contributed by atoms with E-state index in [1.54, 1.807) is 6.07 Å². The van der Waals surface area contributed by atoms with Crippen molar-refractivity contribution in [3.63, 3.8) is 0 Å². The van der Waals surface area contributed by atoms with E-state index in [4.69, 9.17) is 21.4 Å². The molecule has 9 heteroatoms. The molecule has 0 bridgehead atoms. The van der Waals surface area contributed by atoms with Crippen molar-refractivity contribution >= 4 is 17.6 Å². The van der Waals surface area contributed by atoms with Crippen LogP contribution in [0.1, 0.15) is 26.2 Å². The summed E-state index contributed by atoms with van der Waals surface area (Å²) in [6.07, 6.45) is 2.29. The molecular weight excluding hydrogens is 278 g/mol. The Balaban J connectivity index is 0.000000315. The van der Waals surface area contributed by atoms with Crippen LogP contribution in [-0.4, -0.2) is 50.3 Å². The number of nitrogen functional groups attached to an aromatic ring is 1. The van der Waals surface area contributed by atoms with Crippen molar-refractivity contribution in [2.45, 2.75) is 32.3 Å². The maximum atomic E-state index is 9.45. The number of carboxylic acid groups (broad SMARTS) is 1. The van der Waals surface area contributed by atoms with E-state index in [2.05, 4.69) is 9.88 Å². The van der Waals surface area contributed by atoms with E-state index in [9.17, 15) is 10.0 Å². The van der Waals surface area contributed by atoms with Crippen molar-refractivity contribution in [2.24, 2.45) is 0 Å². The molecule has 2 rings (SSSR count). The molecule has 1 saturated heterocycles. The van der Waals surface area contributed by atoms with Gasteiger partial charge >= 0.3 is 5.97 Å². The minimum absolute atomic E-state index is 0.149. The molecule has 9 nitrogen and oxygen atoms in total. The summed E-state index contributed by atoms with van der Waals surface area (Å²) >= 11 is 0. The number of rotatable bonds is 2. The Morgan fingerprint density at radius 3 is 2.38 bits per heavy atom. The second kappa shape index (κ2) is 7.48. The van der Waals surface area contributed by atoms with Crippen LogP contribution in [0.3, 0.4) is 0 Å². The first-order chi connectivity index (χ1) is 9.82. The number of carboxylic acids is 1. The zero-order valence-electron chi connectivity index (χ0n) is 11.9. The van der Waals surface area contributed by atoms with Crippen LogP contribution >= 0.6 is 0 Å². The van der Waals surface area contributed by atoms with Gasteiger partial charge in [-0.1, -0.05) is 0 Å². The van der Waals surface area contributed by atoms with Crippen LogP contribution in [0.15, 0.2) is 6.07 Å². The van der Waals surface area contributed by atoms with Crippen molar-refractivity contribution in [2.75, 3.05) is 23.7 Å². The Hall–Kier alpha value is -2.29. The van der Waals surface area contributed by atoms with Crippen molar-refractivity contribution in [3.05, 3.63) is 11.7 Å². The zero-order chi connectivity index (χ0) is 16.0. The predicted molar refractivity (Wildman–Crippen MR) is 75.1 cm³/mol. The minimum Gasteiger partial charge on any atom is -0.479 e. The van der Waals surface area contributed by atoms with Crippen LogP contribution in [0.2, 0.25) is 0 Å². The van der Waals surface area contributed by atoms with Gasteiger partial charge in [0.25, 0.3) is 5.62 Å². The first kappa shape index (κ1) is 16.8. The number of nitrogens with zero attached hydrogens (tertiary/aromatic N) is 3. The SMILES string of the molecule is CC(O)C(=O)O.N=c1nc(N2CCCCC2)cc(N)n1O. The van der Waals surface area contributed by atoms with Gasteiger partial charge < -0.3 is 26.1 Å². The summed E-state index contributed by atoms with van der Waals surface area (Å²) in [7, 11) is 0. The Labute approximate surface area is 121 Å². The third-order valence-corrected chi connectivity index (χ3v) is 2.98. The molecule has 1 aromatic rings. The van der Waals surface area contributed by atoms with Gasteiger partial charge in [-0.15, -0.1) is 4.73 Å². The molecule has 1 atom stereocenters. The van der Waals surface area contributed by atoms with Crippen LogP contribution in [0.4, 0.5) is 11.6 Å². The molecule has 1 fully saturated rings. The number of nitrogens with one attached hydrogen (secondary N) is 1. The van der Waals surface area contributed by atoms with E-state index < -0.39 is 12.1 Å². The Morgan fingerprint density at radius 1 is 1.43 bits per heavy atom. The third-order valence-electron chi connectivity index (χ3n) is 2.98. The van der Waals surface area contributed by atoms with E-state index in [0.717, 1.165) is 25.9 Å². The quantitative estimate of drug-likeness (QED) is 0.467. The molecule has 0 saturated carbocycles. The number of hydrogen-bond acceptors (Lipinski definition) is 7. The number of aromatic nitrogens is 2. The summed E-state index contributed by atoms with van der Waals surface area (Å²) in [5, 5.41) is 32.4. The van der Waals surface area contributed by atoms with Crippen LogP contribution < -0.4 is 16.3 Å². The molecule has 0 aliphatic carbocycles. The maximum Gasteiger partial charge on any atom is 0.332 e. The average molecular weight is 299 g/mol. The fraction of sp³-hybridized carbons (Fsp3) is 0.583. The van der Waals surface area contributed by atoms with Crippen molar-refractivity contribution in [1.29, 1.82) is 5.41 Å². The predicted octanol–water partition coefficient (Wildman–Crippen LogP) is -0.376. The maximum absolute atomic E-state index is 9.45. The molecule has 1 unspecified atom stereocenters. The third kappa shape index (κ3) is 4.95. The van der Waals surface area contributed by atoms with Gasteiger partial charge in [-0.25, -0.2) is 4.79 Å². The van der Waals surface area contributed by atoms with Crippen LogP contribution in [-0.2, 0) is 4.79 Å². The van der Waals surface area contributed by atoms with E-state index in [1.807, 2.05) is 0 Å². The molecule has 0 aromatic carbocycles. The van der Waals surface area contributed by atoms with E-state index >= 15 is 0 Å². The van der Waals surface area contributed by atoms with Gasteiger partial charge in [0.15, 0.2) is 0 Å². The number of aliphatic hydroxyl groups is 1. The second-order valence-corrected chi connectivity index (χ2v) is 4.74. The highest BCUT2D eigenvalue weighted by atomic mass is 16.5. The number of piperidine rings is 1. The molecular formula is C12H21N5O4. The first-order valence-corrected chi connectivity index (χ1v) is 6.62. The fourth-order valence-electron chi connectivity index (χ4n) is 1.79. The highest BCUT2D eigenvalue weighted by molar-refractivity contribution is 5.71. The number of carbonyl (C=O) groups is 1. The summed E-state index contributed by atoms with van der Waals surface area (Å²) in [5.41, 5.74) is 5.33. The van der Waals surface area contributed by atoms with Crippen LogP contribution in [0, 0.1) is 5.41 Å². The lowest BCUT2D eigenvalue weighted by Crippen LogP contribution is -2.33. The molecule has 118 valence electrons. The first-order valence-electron chi connectivity index (χ1n) is 6.62. The minimum atomic E-state index is -1.23. The largest absolute Gasteiger partial charge is 0.479 e. The summed E-state index contributed by atoms with van der Waals surface area (Å²) < 4.78 is 0.577. The van der Waals surface area contributed by atoms with E-state index in [0.29, 0.717) is 10.5 Å². The van der Waals surface area contributed by atoms with Crippen molar-refractivity contribution in [1.82, 2.24) is 9.71 Å². The van der Waals surface area contributed by atoms with Gasteiger partial charge in [-0.05, 0) is 26.2 Å². The molecule has 1 aromatic heterocycles. The highest BCUT2D eigenvalue weighted by Gasteiger charge is 2.13. The topological polar surface area (TPSA) is 149 Å². The lowest BCUT2D eigenvalue weighted by Gasteiger charge is -2.27. The number of nitrogens with two attached hydrogens (primary N) is 1. The Morgan fingerprint density at radius 2 is 1.95 bits per heavy atom. The molecule has 2 heterocycles. The zero-order valence-corrected chi connectivity index (χ0v) is 11.9. The van der Waals surface area contributed by atoms with Gasteiger partial charge in [-0.2, -0.15) is 4.98 Å². The molecule has 0 radical (unpaired) electrons. The highest BCUT2D eigenvalue weighted by Crippen LogP contribution is 2.17. The van der Waals surface area contributed by atoms with E-state index in [-0.39, 0.29) is 11.4 Å². The lowest BCUT2D eigenvalue weighted by molar-refractivity contribution is -0.145. The summed E-state index contributed by atoms with van der Waals surface area (Å²) in [6, 6.07) is 1.60. The molecule has 21 heavy (non-hydrogen) atoms. The average Bonchev–Trinajstić information content (AvgIpc) is 2.45. The number of aliphatic hydroxyl groups excluding tert-OH is 1. The number of anilines is 2. The monoisotopic (exact) mass is 299 g/mol. The summed E-state index contributed by atoms with van der Waals surface area (Å²) in [4.78, 5) is 15.5. The Kier molecular flexibility index (Phi) is 5.97. The second-order valence-electron chi connectivity index (χ2n) is 4.74. The summed E-state index contributed by atoms with van der Waals surface area (Å²) in [5.74, 6) is -0.354. The normalized spacial score (nSPS) is 15.8. The smallest absolute Gasteiger partial charge is 0.332 e. The number of aliphatic carboxylic acids is 1. The standard InChI is InChI=1S/C9H15N5O.C3H6O3/c10-7-6-8(12-9(11)14(7)15)13-4-2-1-3-5-13;1-2(4)3(5)6/h6,11,15H,1-5,10H2;2,4H,1H3,(H,5,6). The van der Waals surface area contributed by atoms with Gasteiger partial charge in [0, 0.05) is 19.2 Å². The fourth-order valence-corrected chi connectivity index (χ4v) is 1.79. The van der Waals surface area contributed by atoms with Gasteiger partial charge in [0.05, 0.1) is 0 Å². The van der Waals surface area contributed by atoms with Crippen molar-refractivity contribution < 1.29 is 20.2 Å². The Bertz CT molecular complexity index is 537. The van der Waals surface area contributed by atoms with Crippen molar-refractivity contribution in [3.8, 4) is 0 Å². The van der Waals surface area contributed by atoms with Gasteiger partial charge in [-0.3, -0.25) is 5.41 Å². The van der Waals surface area contributed by atoms with E-state index in [1.165, 1.54) is 13.3 Å². The number of hydrogen-bond donors (Lipinski definition) is 5. The van der Waals surface area contributed by atoms with Crippen LogP contribution in [0.5, 0.6) is 0 Å². The molecule has 0 amide bonds. The summed E-state index contributed by atoms with van der Waals surface area (Å²) in [6.45, 7) is 3.09. The van der Waals surface area contributed by atoms with Crippen LogP contribution in [0.25, 0.3) is 0 Å². The molecule has 6 N–H and O–H groups in total. The molecule has 0 spiro atoms. The lowest BCUT2D eigenvalue weighted by atomic mass is 10.1. The van der Waals surface area contributed by atoms with Gasteiger partial charge in [0.2, 0.25) is 0 Å². The molecule has 1 aliphatic rings. The van der Waals surface area contributed by atoms with Gasteiger partial charge in [0.1, 0.15) is 17.7 Å². The molecule has 1 aliphatic heterocycles.